The molecule has 0 spiro atoms. The number of aliphatic hydroxyl groups is 5. The van der Waals surface area contributed by atoms with Gasteiger partial charge in [-0.05, 0) is 58.8 Å². The average molecular weight is 609 g/mol. The fourth-order valence-electron chi connectivity index (χ4n) is 5.72. The first kappa shape index (κ1) is 37.1. The van der Waals surface area contributed by atoms with Crippen molar-refractivity contribution < 1.29 is 49.3 Å². The van der Waals surface area contributed by atoms with Gasteiger partial charge in [0.2, 0.25) is 5.79 Å². The topological polar surface area (TPSA) is 163 Å². The number of ether oxygens (including phenoxy) is 3. The number of Topliss-reactive ketones (excluding diaryl/α,β-unsaturated/α-hetero) is 1. The quantitative estimate of drug-likeness (QED) is 0.0888. The van der Waals surface area contributed by atoms with E-state index in [2.05, 4.69) is 12.5 Å². The van der Waals surface area contributed by atoms with Crippen molar-refractivity contribution in [3.63, 3.8) is 0 Å². The summed E-state index contributed by atoms with van der Waals surface area (Å²) in [4.78, 5) is 24.9. The molecule has 2 aliphatic rings. The summed E-state index contributed by atoms with van der Waals surface area (Å²) in [6.07, 6.45) is 5.31. The maximum atomic E-state index is 12.6. The Morgan fingerprint density at radius 1 is 1.14 bits per heavy atom. The van der Waals surface area contributed by atoms with Gasteiger partial charge in [0, 0.05) is 18.8 Å². The van der Waals surface area contributed by atoms with Gasteiger partial charge in [0.25, 0.3) is 0 Å². The molecule has 43 heavy (non-hydrogen) atoms. The van der Waals surface area contributed by atoms with Crippen molar-refractivity contribution in [3.8, 4) is 12.3 Å². The number of ketones is 1. The molecule has 0 aromatic carbocycles. The molecule has 2 saturated heterocycles. The predicted octanol–water partition coefficient (Wildman–Crippen LogP) is 2.72. The van der Waals surface area contributed by atoms with Crippen LogP contribution in [-0.4, -0.2) is 91.9 Å². The predicted molar refractivity (Wildman–Crippen MR) is 160 cm³/mol. The number of carbonyl (C=O) groups is 2. The van der Waals surface area contributed by atoms with E-state index in [1.165, 1.54) is 6.08 Å². The smallest absolute Gasteiger partial charge is 0.311 e. The molecular weight excluding hydrogens is 556 g/mol. The molecule has 244 valence electrons. The molecule has 0 unspecified atom stereocenters. The van der Waals surface area contributed by atoms with Crippen LogP contribution in [0.1, 0.15) is 91.9 Å². The van der Waals surface area contributed by atoms with Crippen LogP contribution in [0.2, 0.25) is 0 Å². The number of fused-ring (bicyclic) bond motifs is 2. The van der Waals surface area contributed by atoms with Crippen LogP contribution in [0.15, 0.2) is 24.3 Å². The van der Waals surface area contributed by atoms with Gasteiger partial charge in [-0.3, -0.25) is 9.59 Å². The zero-order valence-corrected chi connectivity index (χ0v) is 26.1. The number of hydrogen-bond donors (Lipinski definition) is 5. The SMILES string of the molecule is C#C[C@@H](O)CC(=O)[C@@H](C)/C=C(\C)C[C@@H](O)[C@]12O[C@H](CC[C@H]1O)C[C@H](CC[C@@H](O)[C@@H](CCCC)OC(=O)[C@H](C)[C@@H](O)C=C)O2. The lowest BCUT2D eigenvalue weighted by molar-refractivity contribution is -0.397. The van der Waals surface area contributed by atoms with Crippen molar-refractivity contribution in [2.75, 3.05) is 0 Å². The average Bonchev–Trinajstić information content (AvgIpc) is 2.98. The Balaban J connectivity index is 2.09. The van der Waals surface area contributed by atoms with Crippen LogP contribution < -0.4 is 0 Å². The number of unbranched alkanes of at least 4 members (excludes halogenated alkanes) is 1. The van der Waals surface area contributed by atoms with E-state index in [0.717, 1.165) is 12.8 Å². The van der Waals surface area contributed by atoms with Gasteiger partial charge < -0.3 is 39.7 Å². The Bertz CT molecular complexity index is 989. The maximum Gasteiger partial charge on any atom is 0.311 e. The molecule has 11 atom stereocenters. The molecule has 2 aliphatic heterocycles. The molecule has 0 aliphatic carbocycles. The van der Waals surface area contributed by atoms with E-state index in [4.69, 9.17) is 20.6 Å². The van der Waals surface area contributed by atoms with Crippen molar-refractivity contribution in [1.29, 1.82) is 0 Å². The molecule has 2 bridgehead atoms. The Hall–Kier alpha value is -2.10. The first-order chi connectivity index (χ1) is 20.3. The highest BCUT2D eigenvalue weighted by atomic mass is 16.7. The molecule has 2 heterocycles. The van der Waals surface area contributed by atoms with E-state index in [1.54, 1.807) is 26.8 Å². The van der Waals surface area contributed by atoms with E-state index in [0.29, 0.717) is 37.7 Å². The van der Waals surface area contributed by atoms with E-state index < -0.39 is 66.3 Å². The third-order valence-electron chi connectivity index (χ3n) is 8.51. The minimum absolute atomic E-state index is 0.0816. The normalized spacial score (nSPS) is 28.8. The van der Waals surface area contributed by atoms with Crippen molar-refractivity contribution >= 4 is 11.8 Å². The first-order valence-corrected chi connectivity index (χ1v) is 15.5. The molecule has 5 N–H and O–H groups in total. The third-order valence-corrected chi connectivity index (χ3v) is 8.51. The zero-order chi connectivity index (χ0) is 32.3. The Labute approximate surface area is 256 Å². The van der Waals surface area contributed by atoms with Crippen molar-refractivity contribution in [1.82, 2.24) is 0 Å². The molecule has 0 aromatic heterocycles. The number of allylic oxidation sites excluding steroid dienone is 1. The van der Waals surface area contributed by atoms with Gasteiger partial charge >= 0.3 is 5.97 Å². The van der Waals surface area contributed by atoms with Crippen molar-refractivity contribution in [3.05, 3.63) is 24.3 Å². The van der Waals surface area contributed by atoms with Gasteiger partial charge in [0.05, 0.1) is 30.3 Å². The van der Waals surface area contributed by atoms with Gasteiger partial charge in [0.15, 0.2) is 0 Å². The van der Waals surface area contributed by atoms with Crippen LogP contribution in [0.25, 0.3) is 0 Å². The Morgan fingerprint density at radius 2 is 1.84 bits per heavy atom. The summed E-state index contributed by atoms with van der Waals surface area (Å²) in [5.41, 5.74) is 0.688. The molecule has 2 fully saturated rings. The van der Waals surface area contributed by atoms with E-state index in [-0.39, 0.29) is 31.1 Å². The lowest BCUT2D eigenvalue weighted by Crippen LogP contribution is -2.65. The lowest BCUT2D eigenvalue weighted by Gasteiger charge is -2.52. The molecule has 10 nitrogen and oxygen atoms in total. The summed E-state index contributed by atoms with van der Waals surface area (Å²) in [7, 11) is 0. The monoisotopic (exact) mass is 608 g/mol. The van der Waals surface area contributed by atoms with Crippen molar-refractivity contribution in [2.45, 2.75) is 147 Å². The van der Waals surface area contributed by atoms with Crippen LogP contribution in [0.4, 0.5) is 0 Å². The van der Waals surface area contributed by atoms with E-state index in [9.17, 15) is 35.1 Å². The van der Waals surface area contributed by atoms with E-state index >= 15 is 0 Å². The first-order valence-electron chi connectivity index (χ1n) is 15.5. The second-order valence-electron chi connectivity index (χ2n) is 12.2. The Kier molecular flexibility index (Phi) is 15.0. The minimum atomic E-state index is -1.66. The molecular formula is C33H52O10. The third kappa shape index (κ3) is 10.5. The molecule has 0 radical (unpaired) electrons. The summed E-state index contributed by atoms with van der Waals surface area (Å²) in [6, 6.07) is 0. The van der Waals surface area contributed by atoms with E-state index in [1.807, 2.05) is 6.92 Å². The van der Waals surface area contributed by atoms with Gasteiger partial charge in [-0.2, -0.15) is 0 Å². The van der Waals surface area contributed by atoms with Gasteiger partial charge in [0.1, 0.15) is 30.2 Å². The summed E-state index contributed by atoms with van der Waals surface area (Å²) in [5.74, 6) is -1.72. The highest BCUT2D eigenvalue weighted by Crippen LogP contribution is 2.43. The van der Waals surface area contributed by atoms with Crippen LogP contribution in [0.5, 0.6) is 0 Å². The molecule has 0 aromatic rings. The molecule has 10 heteroatoms. The zero-order valence-electron chi connectivity index (χ0n) is 26.1. The number of terminal acetylenes is 1. The molecule has 0 saturated carbocycles. The van der Waals surface area contributed by atoms with Crippen LogP contribution >= 0.6 is 0 Å². The maximum absolute atomic E-state index is 12.6. The van der Waals surface area contributed by atoms with Gasteiger partial charge in [-0.25, -0.2) is 0 Å². The largest absolute Gasteiger partial charge is 0.459 e. The second kappa shape index (κ2) is 17.4. The highest BCUT2D eigenvalue weighted by Gasteiger charge is 2.55. The number of rotatable bonds is 18. The van der Waals surface area contributed by atoms with Crippen LogP contribution in [-0.2, 0) is 23.8 Å². The number of aliphatic hydroxyl groups excluding tert-OH is 5. The summed E-state index contributed by atoms with van der Waals surface area (Å²) < 4.78 is 18.0. The Morgan fingerprint density at radius 3 is 2.47 bits per heavy atom. The van der Waals surface area contributed by atoms with Gasteiger partial charge in [-0.15, -0.1) is 13.0 Å². The fraction of sp³-hybridized carbons (Fsp3) is 0.758. The highest BCUT2D eigenvalue weighted by molar-refractivity contribution is 5.83. The number of esters is 1. The van der Waals surface area contributed by atoms with Crippen molar-refractivity contribution in [2.24, 2.45) is 11.8 Å². The summed E-state index contributed by atoms with van der Waals surface area (Å²) >= 11 is 0. The molecule has 2 rings (SSSR count). The standard InChI is InChI=1S/C33H52O10/c1-7-10-11-29(41-32(40)22(6)26(35)9-3)27(36)14-12-24-19-25-13-15-30(38)33(42-24,43-25)31(39)17-20(4)16-21(5)28(37)18-23(34)8-2/h2,9,16,21-27,29-31,34-36,38-39H,3,7,10-15,17-19H2,1,4-6H3/b20-16+/t21-,22+,23+,24-,25+,26-,27+,29+,30+,31+,33+/m0/s1. The second-order valence-corrected chi connectivity index (χ2v) is 12.2. The summed E-state index contributed by atoms with van der Waals surface area (Å²) in [6.45, 7) is 10.5. The van der Waals surface area contributed by atoms with Crippen LogP contribution in [0, 0.1) is 24.2 Å². The lowest BCUT2D eigenvalue weighted by atomic mass is 9.85. The summed E-state index contributed by atoms with van der Waals surface area (Å²) in [5, 5.41) is 52.9. The fourth-order valence-corrected chi connectivity index (χ4v) is 5.72. The minimum Gasteiger partial charge on any atom is -0.459 e. The number of carbonyl (C=O) groups excluding carboxylic acids is 2. The van der Waals surface area contributed by atoms with Crippen LogP contribution in [0.3, 0.4) is 0 Å². The number of hydrogen-bond acceptors (Lipinski definition) is 10. The molecule has 0 amide bonds. The van der Waals surface area contributed by atoms with Gasteiger partial charge in [-0.1, -0.05) is 43.9 Å².